The van der Waals surface area contributed by atoms with Crippen LogP contribution in [0.15, 0.2) is 90.2 Å². The fraction of sp³-hybridized carbons (Fsp3) is 0.0625. The molecule has 0 radical (unpaired) electrons. The summed E-state index contributed by atoms with van der Waals surface area (Å²) < 4.78 is 86.9. The standard InChI is InChI=1S/C32H14F6N6/c33-31(34,35)24-11-18-19-12-25(32(36,37)38)23(30-41-14-17-6-2-4-8-27(17)44-30)10-21(19)28(42-15-39)20(18)9-22(24)29-40-13-16-5-1-3-7-26(16)43-29/h1-14H. The van der Waals surface area contributed by atoms with E-state index in [4.69, 9.17) is 0 Å². The second-order valence-electron chi connectivity index (χ2n) is 9.95. The second kappa shape index (κ2) is 9.67. The van der Waals surface area contributed by atoms with E-state index in [1.807, 2.05) is 0 Å². The van der Waals surface area contributed by atoms with E-state index in [2.05, 4.69) is 24.9 Å². The summed E-state index contributed by atoms with van der Waals surface area (Å²) >= 11 is 0. The molecule has 0 aliphatic heterocycles. The van der Waals surface area contributed by atoms with Gasteiger partial charge in [0, 0.05) is 45.4 Å². The Hall–Kier alpha value is -5.70. The van der Waals surface area contributed by atoms with Gasteiger partial charge in [0.2, 0.25) is 6.19 Å². The fourth-order valence-electron chi connectivity index (χ4n) is 5.40. The highest BCUT2D eigenvalue weighted by Crippen LogP contribution is 2.48. The predicted octanol–water partition coefficient (Wildman–Crippen LogP) is 8.24. The molecule has 12 heteroatoms. The molecule has 1 aliphatic rings. The van der Waals surface area contributed by atoms with Crippen LogP contribution in [0.4, 0.5) is 26.3 Å². The van der Waals surface area contributed by atoms with Crippen LogP contribution in [0.3, 0.4) is 0 Å². The average molecular weight is 596 g/mol. The average Bonchev–Trinajstić information content (AvgIpc) is 3.30. The Bertz CT molecular complexity index is 2080. The SMILES string of the molecule is N#CN=C1c2cc(-c3ncc4ccccc4n3)c(C(F)(F)F)cc2-c2cc(C(F)(F)F)c(-c3ncc4ccccc4n3)cc21. The van der Waals surface area contributed by atoms with E-state index < -0.39 is 34.6 Å². The third-order valence-corrected chi connectivity index (χ3v) is 7.35. The molecule has 0 saturated carbocycles. The first-order valence-electron chi connectivity index (χ1n) is 13.0. The summed E-state index contributed by atoms with van der Waals surface area (Å²) in [6, 6.07) is 17.2. The molecule has 6 aromatic rings. The molecule has 6 nitrogen and oxygen atoms in total. The predicted molar refractivity (Wildman–Crippen MR) is 150 cm³/mol. The highest BCUT2D eigenvalue weighted by Gasteiger charge is 2.41. The Morgan fingerprint density at radius 2 is 1.00 bits per heavy atom. The Kier molecular flexibility index (Phi) is 5.97. The number of rotatable bonds is 2. The minimum atomic E-state index is -4.92. The highest BCUT2D eigenvalue weighted by molar-refractivity contribution is 6.26. The van der Waals surface area contributed by atoms with Gasteiger partial charge >= 0.3 is 12.4 Å². The van der Waals surface area contributed by atoms with Crippen LogP contribution in [-0.2, 0) is 12.4 Å². The Morgan fingerprint density at radius 1 is 0.568 bits per heavy atom. The molecular weight excluding hydrogens is 582 g/mol. The maximum Gasteiger partial charge on any atom is 0.417 e. The second-order valence-corrected chi connectivity index (χ2v) is 9.95. The number of para-hydroxylation sites is 2. The first kappa shape index (κ1) is 27.2. The van der Waals surface area contributed by atoms with Gasteiger partial charge in [-0.05, 0) is 47.5 Å². The van der Waals surface area contributed by atoms with Gasteiger partial charge in [-0.2, -0.15) is 36.6 Å². The number of nitriles is 1. The Balaban J connectivity index is 1.50. The summed E-state index contributed by atoms with van der Waals surface area (Å²) in [6.07, 6.45) is -5.43. The molecule has 2 heterocycles. The maximum absolute atomic E-state index is 14.5. The molecule has 7 rings (SSSR count). The molecule has 1 aliphatic carbocycles. The summed E-state index contributed by atoms with van der Waals surface area (Å²) in [5.41, 5.74) is -2.67. The number of benzene rings is 4. The molecule has 0 unspecified atom stereocenters. The van der Waals surface area contributed by atoms with Gasteiger partial charge in [-0.15, -0.1) is 0 Å². The van der Waals surface area contributed by atoms with Gasteiger partial charge in [-0.1, -0.05) is 36.4 Å². The molecule has 0 amide bonds. The smallest absolute Gasteiger partial charge is 0.236 e. The lowest BCUT2D eigenvalue weighted by Crippen LogP contribution is -2.10. The molecule has 0 saturated heterocycles. The van der Waals surface area contributed by atoms with Crippen LogP contribution in [0.2, 0.25) is 0 Å². The summed E-state index contributed by atoms with van der Waals surface area (Å²) in [5.74, 6) is -0.486. The number of fused-ring (bicyclic) bond motifs is 5. The number of hydrogen-bond acceptors (Lipinski definition) is 6. The van der Waals surface area contributed by atoms with Crippen molar-refractivity contribution >= 4 is 27.5 Å². The molecule has 0 bridgehead atoms. The summed E-state index contributed by atoms with van der Waals surface area (Å²) in [5, 5.41) is 10.7. The van der Waals surface area contributed by atoms with Gasteiger partial charge in [0.05, 0.1) is 27.9 Å². The zero-order chi connectivity index (χ0) is 30.8. The number of aliphatic imine (C=N–C) groups is 1. The van der Waals surface area contributed by atoms with Crippen molar-refractivity contribution in [2.45, 2.75) is 12.4 Å². The van der Waals surface area contributed by atoms with Gasteiger partial charge in [-0.3, -0.25) is 0 Å². The maximum atomic E-state index is 14.5. The van der Waals surface area contributed by atoms with Gasteiger partial charge in [-0.25, -0.2) is 19.9 Å². The van der Waals surface area contributed by atoms with Crippen molar-refractivity contribution in [3.63, 3.8) is 0 Å². The van der Waals surface area contributed by atoms with Crippen LogP contribution >= 0.6 is 0 Å². The number of hydrogen-bond donors (Lipinski definition) is 0. The molecule has 0 N–H and O–H groups in total. The molecule has 214 valence electrons. The first-order valence-corrected chi connectivity index (χ1v) is 13.0. The molecule has 2 aromatic heterocycles. The lowest BCUT2D eigenvalue weighted by atomic mass is 9.95. The first-order chi connectivity index (χ1) is 21.0. The Labute approximate surface area is 244 Å². The van der Waals surface area contributed by atoms with Crippen molar-refractivity contribution in [1.82, 2.24) is 19.9 Å². The van der Waals surface area contributed by atoms with E-state index in [1.54, 1.807) is 54.7 Å². The van der Waals surface area contributed by atoms with E-state index in [1.165, 1.54) is 12.4 Å². The largest absolute Gasteiger partial charge is 0.417 e. The van der Waals surface area contributed by atoms with Crippen molar-refractivity contribution in [3.8, 4) is 40.1 Å². The Morgan fingerprint density at radius 3 is 1.41 bits per heavy atom. The summed E-state index contributed by atoms with van der Waals surface area (Å²) in [7, 11) is 0. The van der Waals surface area contributed by atoms with Gasteiger partial charge in [0.1, 0.15) is 0 Å². The normalized spacial score (nSPS) is 12.7. The topological polar surface area (TPSA) is 87.7 Å². The van der Waals surface area contributed by atoms with Crippen LogP contribution in [0, 0.1) is 11.5 Å². The minimum absolute atomic E-state index is 0.0333. The lowest BCUT2D eigenvalue weighted by molar-refractivity contribution is -0.138. The van der Waals surface area contributed by atoms with Crippen molar-refractivity contribution in [1.29, 1.82) is 5.26 Å². The molecule has 44 heavy (non-hydrogen) atoms. The molecule has 0 fully saturated rings. The van der Waals surface area contributed by atoms with Crippen molar-refractivity contribution in [2.24, 2.45) is 4.99 Å². The van der Waals surface area contributed by atoms with Crippen molar-refractivity contribution in [2.75, 3.05) is 0 Å². The van der Waals surface area contributed by atoms with E-state index in [0.29, 0.717) is 21.8 Å². The summed E-state index contributed by atoms with van der Waals surface area (Å²) in [6.45, 7) is 0. The van der Waals surface area contributed by atoms with Gasteiger partial charge < -0.3 is 0 Å². The fourth-order valence-corrected chi connectivity index (χ4v) is 5.40. The van der Waals surface area contributed by atoms with E-state index in [-0.39, 0.29) is 39.6 Å². The van der Waals surface area contributed by atoms with Gasteiger partial charge in [0.15, 0.2) is 11.6 Å². The third kappa shape index (κ3) is 4.41. The zero-order valence-corrected chi connectivity index (χ0v) is 22.0. The van der Waals surface area contributed by atoms with Crippen LogP contribution < -0.4 is 0 Å². The van der Waals surface area contributed by atoms with Crippen LogP contribution in [-0.4, -0.2) is 25.6 Å². The zero-order valence-electron chi connectivity index (χ0n) is 22.0. The number of aromatic nitrogens is 4. The van der Waals surface area contributed by atoms with E-state index in [0.717, 1.165) is 24.3 Å². The third-order valence-electron chi connectivity index (χ3n) is 7.35. The van der Waals surface area contributed by atoms with Crippen LogP contribution in [0.25, 0.3) is 55.7 Å². The molecule has 4 aromatic carbocycles. The highest BCUT2D eigenvalue weighted by atomic mass is 19.4. The lowest BCUT2D eigenvalue weighted by Gasteiger charge is -2.16. The van der Waals surface area contributed by atoms with E-state index in [9.17, 15) is 31.6 Å². The molecule has 0 atom stereocenters. The van der Waals surface area contributed by atoms with Crippen molar-refractivity contribution < 1.29 is 26.3 Å². The molecular formula is C32H14F6N6. The van der Waals surface area contributed by atoms with Gasteiger partial charge in [0.25, 0.3) is 0 Å². The van der Waals surface area contributed by atoms with Crippen LogP contribution in [0.1, 0.15) is 22.3 Å². The summed E-state index contributed by atoms with van der Waals surface area (Å²) in [4.78, 5) is 20.7. The quantitative estimate of drug-likeness (QED) is 0.148. The monoisotopic (exact) mass is 596 g/mol. The number of halogens is 6. The minimum Gasteiger partial charge on any atom is -0.236 e. The van der Waals surface area contributed by atoms with Crippen LogP contribution in [0.5, 0.6) is 0 Å². The van der Waals surface area contributed by atoms with Crippen molar-refractivity contribution in [3.05, 3.63) is 107 Å². The molecule has 0 spiro atoms. The van der Waals surface area contributed by atoms with E-state index >= 15 is 0 Å². The number of nitrogens with zero attached hydrogens (tertiary/aromatic N) is 6. The number of alkyl halides is 6.